The van der Waals surface area contributed by atoms with Gasteiger partial charge < -0.3 is 25.2 Å². The third-order valence-electron chi connectivity index (χ3n) is 3.81. The van der Waals surface area contributed by atoms with Crippen molar-refractivity contribution in [3.8, 4) is 11.5 Å². The van der Waals surface area contributed by atoms with E-state index in [4.69, 9.17) is 9.47 Å². The molecule has 0 aliphatic heterocycles. The highest BCUT2D eigenvalue weighted by atomic mass is 127. The summed E-state index contributed by atoms with van der Waals surface area (Å²) in [6.45, 7) is 8.39. The zero-order valence-corrected chi connectivity index (χ0v) is 18.7. The summed E-state index contributed by atoms with van der Waals surface area (Å²) in [5, 5.41) is 15.8. The van der Waals surface area contributed by atoms with E-state index < -0.39 is 0 Å². The molecule has 0 amide bonds. The molecule has 1 atom stereocenters. The number of anilines is 1. The van der Waals surface area contributed by atoms with E-state index in [1.54, 1.807) is 7.11 Å². The predicted octanol–water partition coefficient (Wildman–Crippen LogP) is 3.89. The fourth-order valence-electron chi connectivity index (χ4n) is 2.60. The molecule has 3 N–H and O–H groups in total. The van der Waals surface area contributed by atoms with Gasteiger partial charge in [-0.25, -0.2) is 0 Å². The van der Waals surface area contributed by atoms with Crippen LogP contribution in [-0.4, -0.2) is 44.5 Å². The fraction of sp³-hybridized carbons (Fsp3) is 0.632. The molecule has 0 saturated heterocycles. The van der Waals surface area contributed by atoms with Crippen LogP contribution in [0.25, 0.3) is 0 Å². The van der Waals surface area contributed by atoms with Gasteiger partial charge in [0.25, 0.3) is 0 Å². The first-order valence-corrected chi connectivity index (χ1v) is 9.15. The lowest BCUT2D eigenvalue weighted by Crippen LogP contribution is -2.31. The summed E-state index contributed by atoms with van der Waals surface area (Å²) in [6.07, 6.45) is 2.95. The first kappa shape index (κ1) is 24.8. The minimum Gasteiger partial charge on any atom is -0.493 e. The van der Waals surface area contributed by atoms with E-state index in [0.717, 1.165) is 37.5 Å². The van der Waals surface area contributed by atoms with Gasteiger partial charge in [-0.15, -0.1) is 24.0 Å². The molecule has 0 heterocycles. The number of methoxy groups -OCH3 is 1. The summed E-state index contributed by atoms with van der Waals surface area (Å²) in [4.78, 5) is 4.68. The smallest absolute Gasteiger partial charge is 0.195 e. The molecule has 0 spiro atoms. The molecule has 1 aromatic carbocycles. The molecule has 26 heavy (non-hydrogen) atoms. The summed E-state index contributed by atoms with van der Waals surface area (Å²) in [6, 6.07) is 5.72. The Bertz CT molecular complexity index is 521. The molecule has 0 saturated carbocycles. The van der Waals surface area contributed by atoms with Gasteiger partial charge in [-0.2, -0.15) is 0 Å². The lowest BCUT2D eigenvalue weighted by molar-refractivity contribution is 0.253. The maximum atomic E-state index is 9.19. The number of aliphatic hydroxyl groups is 1. The summed E-state index contributed by atoms with van der Waals surface area (Å²) < 4.78 is 10.9. The first-order chi connectivity index (χ1) is 12.2. The average Bonchev–Trinajstić information content (AvgIpc) is 2.60. The normalized spacial score (nSPS) is 12.1. The van der Waals surface area contributed by atoms with Gasteiger partial charge in [-0.3, -0.25) is 4.99 Å². The van der Waals surface area contributed by atoms with Crippen molar-refractivity contribution < 1.29 is 14.6 Å². The van der Waals surface area contributed by atoms with Crippen LogP contribution in [0.4, 0.5) is 5.69 Å². The van der Waals surface area contributed by atoms with Crippen LogP contribution in [-0.2, 0) is 0 Å². The topological polar surface area (TPSA) is 75.1 Å². The highest BCUT2D eigenvalue weighted by molar-refractivity contribution is 14.0. The van der Waals surface area contributed by atoms with Crippen LogP contribution < -0.4 is 20.1 Å². The standard InChI is InChI=1S/C19H33N3O3.HI/c1-5-8-15(11-12-23)14-21-19(20-6-2)22-16-9-10-17(24-4)18(13-16)25-7-3;/h9-10,13,15,23H,5-8,11-12,14H2,1-4H3,(H2,20,21,22);1H. The third-order valence-corrected chi connectivity index (χ3v) is 3.81. The van der Waals surface area contributed by atoms with Crippen molar-refractivity contribution >= 4 is 35.6 Å². The Labute approximate surface area is 174 Å². The van der Waals surface area contributed by atoms with Gasteiger partial charge >= 0.3 is 0 Å². The second kappa shape index (κ2) is 14.9. The number of aliphatic imine (C=N–C) groups is 1. The maximum absolute atomic E-state index is 9.19. The predicted molar refractivity (Wildman–Crippen MR) is 119 cm³/mol. The van der Waals surface area contributed by atoms with E-state index >= 15 is 0 Å². The molecule has 1 unspecified atom stereocenters. The Kier molecular flexibility index (Phi) is 14.2. The van der Waals surface area contributed by atoms with E-state index in [0.29, 0.717) is 30.6 Å². The number of rotatable bonds is 11. The number of hydrogen-bond donors (Lipinski definition) is 3. The molecule has 7 heteroatoms. The van der Waals surface area contributed by atoms with Gasteiger partial charge in [0.15, 0.2) is 17.5 Å². The monoisotopic (exact) mass is 479 g/mol. The Balaban J connectivity index is 0.00000625. The quantitative estimate of drug-likeness (QED) is 0.255. The van der Waals surface area contributed by atoms with Gasteiger partial charge in [0.05, 0.1) is 13.7 Å². The molecular formula is C19H34IN3O3. The maximum Gasteiger partial charge on any atom is 0.195 e. The molecule has 1 aromatic rings. The number of benzene rings is 1. The van der Waals surface area contributed by atoms with Crippen molar-refractivity contribution in [3.05, 3.63) is 18.2 Å². The van der Waals surface area contributed by atoms with Crippen molar-refractivity contribution in [2.24, 2.45) is 10.9 Å². The molecule has 0 aliphatic rings. The average molecular weight is 479 g/mol. The largest absolute Gasteiger partial charge is 0.493 e. The van der Waals surface area contributed by atoms with Crippen molar-refractivity contribution in [2.45, 2.75) is 40.0 Å². The zero-order valence-electron chi connectivity index (χ0n) is 16.4. The molecule has 1 rings (SSSR count). The molecule has 150 valence electrons. The minimum absolute atomic E-state index is 0. The number of halogens is 1. The number of hydrogen-bond acceptors (Lipinski definition) is 4. The SMILES string of the molecule is CCCC(CCO)CN=C(NCC)Nc1ccc(OC)c(OCC)c1.I. The minimum atomic E-state index is 0. The Morgan fingerprint density at radius 3 is 2.54 bits per heavy atom. The van der Waals surface area contributed by atoms with E-state index in [1.165, 1.54) is 0 Å². The van der Waals surface area contributed by atoms with Gasteiger partial charge in [-0.1, -0.05) is 13.3 Å². The van der Waals surface area contributed by atoms with Crippen molar-refractivity contribution in [1.82, 2.24) is 5.32 Å². The van der Waals surface area contributed by atoms with Gasteiger partial charge in [0, 0.05) is 31.5 Å². The number of ether oxygens (including phenoxy) is 2. The van der Waals surface area contributed by atoms with Crippen LogP contribution in [0.1, 0.15) is 40.0 Å². The zero-order chi connectivity index (χ0) is 18.5. The van der Waals surface area contributed by atoms with Gasteiger partial charge in [0.1, 0.15) is 0 Å². The lowest BCUT2D eigenvalue weighted by Gasteiger charge is -2.16. The van der Waals surface area contributed by atoms with E-state index in [1.807, 2.05) is 32.0 Å². The van der Waals surface area contributed by atoms with Crippen molar-refractivity contribution in [3.63, 3.8) is 0 Å². The Morgan fingerprint density at radius 1 is 1.19 bits per heavy atom. The fourth-order valence-corrected chi connectivity index (χ4v) is 2.60. The molecule has 0 radical (unpaired) electrons. The van der Waals surface area contributed by atoms with Gasteiger partial charge in [0.2, 0.25) is 0 Å². The number of aliphatic hydroxyl groups excluding tert-OH is 1. The Morgan fingerprint density at radius 2 is 1.96 bits per heavy atom. The molecule has 0 fully saturated rings. The highest BCUT2D eigenvalue weighted by Gasteiger charge is 2.09. The third kappa shape index (κ3) is 8.93. The molecular weight excluding hydrogens is 445 g/mol. The van der Waals surface area contributed by atoms with Crippen molar-refractivity contribution in [2.75, 3.05) is 38.7 Å². The second-order valence-corrected chi connectivity index (χ2v) is 5.81. The van der Waals surface area contributed by atoms with Crippen LogP contribution in [0.2, 0.25) is 0 Å². The van der Waals surface area contributed by atoms with Crippen molar-refractivity contribution in [1.29, 1.82) is 0 Å². The molecule has 0 aromatic heterocycles. The number of nitrogens with one attached hydrogen (secondary N) is 2. The summed E-state index contributed by atoms with van der Waals surface area (Å²) in [5.41, 5.74) is 0.887. The molecule has 6 nitrogen and oxygen atoms in total. The first-order valence-electron chi connectivity index (χ1n) is 9.15. The highest BCUT2D eigenvalue weighted by Crippen LogP contribution is 2.30. The van der Waals surface area contributed by atoms with E-state index in [9.17, 15) is 5.11 Å². The van der Waals surface area contributed by atoms with E-state index in [-0.39, 0.29) is 30.6 Å². The van der Waals surface area contributed by atoms with Crippen LogP contribution >= 0.6 is 24.0 Å². The summed E-state index contributed by atoms with van der Waals surface area (Å²) >= 11 is 0. The van der Waals surface area contributed by atoms with Crippen LogP contribution in [0.15, 0.2) is 23.2 Å². The number of nitrogens with zero attached hydrogens (tertiary/aromatic N) is 1. The van der Waals surface area contributed by atoms with Crippen LogP contribution in [0.5, 0.6) is 11.5 Å². The summed E-state index contributed by atoms with van der Waals surface area (Å²) in [7, 11) is 1.63. The van der Waals surface area contributed by atoms with Crippen LogP contribution in [0.3, 0.4) is 0 Å². The Hall–Kier alpha value is -1.22. The van der Waals surface area contributed by atoms with Gasteiger partial charge in [-0.05, 0) is 44.7 Å². The molecule has 0 bridgehead atoms. The molecule has 0 aliphatic carbocycles. The van der Waals surface area contributed by atoms with Crippen LogP contribution in [0, 0.1) is 5.92 Å². The summed E-state index contributed by atoms with van der Waals surface area (Å²) in [5.74, 6) is 2.55. The lowest BCUT2D eigenvalue weighted by atomic mass is 10.0. The number of guanidine groups is 1. The second-order valence-electron chi connectivity index (χ2n) is 5.81. The van der Waals surface area contributed by atoms with E-state index in [2.05, 4.69) is 22.5 Å².